The molecular formula is C13H9Cl2N3O3. The van der Waals surface area contributed by atoms with Gasteiger partial charge in [-0.1, -0.05) is 23.2 Å². The summed E-state index contributed by atoms with van der Waals surface area (Å²) < 4.78 is 0. The fourth-order valence-electron chi connectivity index (χ4n) is 1.70. The van der Waals surface area contributed by atoms with Crippen molar-refractivity contribution in [1.82, 2.24) is 0 Å². The van der Waals surface area contributed by atoms with E-state index < -0.39 is 10.8 Å². The minimum atomic E-state index is -0.614. The number of nitro benzene ring substituents is 1. The Morgan fingerprint density at radius 1 is 1.14 bits per heavy atom. The van der Waals surface area contributed by atoms with Crippen molar-refractivity contribution in [3.05, 3.63) is 62.1 Å². The molecule has 0 radical (unpaired) electrons. The molecule has 0 aliphatic rings. The Hall–Kier alpha value is -2.31. The summed E-state index contributed by atoms with van der Waals surface area (Å²) in [5.41, 5.74) is 5.76. The molecule has 0 spiro atoms. The van der Waals surface area contributed by atoms with E-state index in [2.05, 4.69) is 5.32 Å². The van der Waals surface area contributed by atoms with Crippen LogP contribution in [0.25, 0.3) is 0 Å². The van der Waals surface area contributed by atoms with Crippen LogP contribution in [-0.2, 0) is 0 Å². The molecule has 8 heteroatoms. The number of nitrogens with one attached hydrogen (secondary N) is 1. The molecule has 2 aromatic rings. The molecule has 0 atom stereocenters. The predicted molar refractivity (Wildman–Crippen MR) is 81.9 cm³/mol. The molecule has 0 aliphatic heterocycles. The van der Waals surface area contributed by atoms with Gasteiger partial charge in [-0.2, -0.15) is 0 Å². The lowest BCUT2D eigenvalue weighted by molar-refractivity contribution is -0.383. The number of amides is 1. The van der Waals surface area contributed by atoms with Crippen LogP contribution in [0, 0.1) is 10.1 Å². The highest BCUT2D eigenvalue weighted by Crippen LogP contribution is 2.28. The molecule has 21 heavy (non-hydrogen) atoms. The number of carbonyl (C=O) groups is 1. The van der Waals surface area contributed by atoms with Gasteiger partial charge in [-0.15, -0.1) is 0 Å². The van der Waals surface area contributed by atoms with Crippen LogP contribution in [0.4, 0.5) is 17.1 Å². The summed E-state index contributed by atoms with van der Waals surface area (Å²) in [5, 5.41) is 14.0. The zero-order chi connectivity index (χ0) is 15.6. The van der Waals surface area contributed by atoms with Crippen LogP contribution in [0.3, 0.4) is 0 Å². The minimum Gasteiger partial charge on any atom is -0.398 e. The molecule has 0 bridgehead atoms. The molecule has 0 aliphatic carbocycles. The lowest BCUT2D eigenvalue weighted by Gasteiger charge is -2.08. The van der Waals surface area contributed by atoms with Gasteiger partial charge in [-0.25, -0.2) is 0 Å². The Kier molecular flexibility index (Phi) is 4.30. The molecule has 0 unspecified atom stereocenters. The number of halogens is 2. The quantitative estimate of drug-likeness (QED) is 0.510. The number of anilines is 2. The van der Waals surface area contributed by atoms with E-state index in [0.29, 0.717) is 5.02 Å². The van der Waals surface area contributed by atoms with Gasteiger partial charge in [0.1, 0.15) is 5.69 Å². The summed E-state index contributed by atoms with van der Waals surface area (Å²) in [7, 11) is 0. The van der Waals surface area contributed by atoms with Gasteiger partial charge in [0.25, 0.3) is 11.6 Å². The fraction of sp³-hybridized carbons (Fsp3) is 0. The van der Waals surface area contributed by atoms with Crippen LogP contribution in [0.5, 0.6) is 0 Å². The number of nitro groups is 1. The number of rotatable bonds is 3. The number of nitrogen functional groups attached to an aromatic ring is 1. The van der Waals surface area contributed by atoms with E-state index in [1.807, 2.05) is 0 Å². The maximum atomic E-state index is 12.1. The van der Waals surface area contributed by atoms with E-state index in [1.165, 1.54) is 36.4 Å². The topological polar surface area (TPSA) is 98.3 Å². The highest BCUT2D eigenvalue weighted by Gasteiger charge is 2.18. The summed E-state index contributed by atoms with van der Waals surface area (Å²) in [6.07, 6.45) is 0. The Bertz CT molecular complexity index is 735. The van der Waals surface area contributed by atoms with Gasteiger partial charge in [0, 0.05) is 21.8 Å². The predicted octanol–water partition coefficient (Wildman–Crippen LogP) is 3.74. The number of nitrogens with zero attached hydrogens (tertiary/aromatic N) is 1. The lowest BCUT2D eigenvalue weighted by Crippen LogP contribution is -2.15. The van der Waals surface area contributed by atoms with Gasteiger partial charge < -0.3 is 11.1 Å². The molecule has 0 saturated heterocycles. The standard InChI is InChI=1S/C13H9Cl2N3O3/c14-7-1-3-9(10(16)5-7)13(19)17-11-6-8(15)2-4-12(11)18(20)21/h1-6H,16H2,(H,17,19). The van der Waals surface area contributed by atoms with E-state index in [-0.39, 0.29) is 27.6 Å². The second-order valence-electron chi connectivity index (χ2n) is 4.10. The highest BCUT2D eigenvalue weighted by molar-refractivity contribution is 6.31. The third-order valence-electron chi connectivity index (χ3n) is 2.66. The number of hydrogen-bond donors (Lipinski definition) is 2. The first-order chi connectivity index (χ1) is 9.88. The molecular weight excluding hydrogens is 317 g/mol. The largest absolute Gasteiger partial charge is 0.398 e. The van der Waals surface area contributed by atoms with Gasteiger partial charge in [0.15, 0.2) is 0 Å². The summed E-state index contributed by atoms with van der Waals surface area (Å²) in [5.74, 6) is -0.588. The highest BCUT2D eigenvalue weighted by atomic mass is 35.5. The van der Waals surface area contributed by atoms with Gasteiger partial charge >= 0.3 is 0 Å². The Labute approximate surface area is 129 Å². The van der Waals surface area contributed by atoms with Crippen LogP contribution in [0.1, 0.15) is 10.4 Å². The lowest BCUT2D eigenvalue weighted by atomic mass is 10.1. The minimum absolute atomic E-state index is 0.00755. The molecule has 2 rings (SSSR count). The first kappa shape index (κ1) is 15.1. The van der Waals surface area contributed by atoms with E-state index in [4.69, 9.17) is 28.9 Å². The number of hydrogen-bond acceptors (Lipinski definition) is 4. The van der Waals surface area contributed by atoms with Gasteiger partial charge in [0.2, 0.25) is 0 Å². The van der Waals surface area contributed by atoms with E-state index >= 15 is 0 Å². The molecule has 2 aromatic carbocycles. The zero-order valence-corrected chi connectivity index (χ0v) is 12.0. The molecule has 108 valence electrons. The van der Waals surface area contributed by atoms with Crippen molar-refractivity contribution in [2.75, 3.05) is 11.1 Å². The van der Waals surface area contributed by atoms with Crippen molar-refractivity contribution in [2.24, 2.45) is 0 Å². The SMILES string of the molecule is Nc1cc(Cl)ccc1C(=O)Nc1cc(Cl)ccc1[N+](=O)[O-]. The summed E-state index contributed by atoms with van der Waals surface area (Å²) >= 11 is 11.5. The third-order valence-corrected chi connectivity index (χ3v) is 3.13. The van der Waals surface area contributed by atoms with Crippen molar-refractivity contribution >= 4 is 46.2 Å². The van der Waals surface area contributed by atoms with Crippen molar-refractivity contribution in [1.29, 1.82) is 0 Å². The van der Waals surface area contributed by atoms with E-state index in [9.17, 15) is 14.9 Å². The van der Waals surface area contributed by atoms with Crippen LogP contribution < -0.4 is 11.1 Å². The summed E-state index contributed by atoms with van der Waals surface area (Å²) in [4.78, 5) is 22.5. The average molecular weight is 326 g/mol. The summed E-state index contributed by atoms with van der Waals surface area (Å²) in [6, 6.07) is 8.23. The number of nitrogens with two attached hydrogens (primary N) is 1. The van der Waals surface area contributed by atoms with Crippen LogP contribution >= 0.6 is 23.2 Å². The fourth-order valence-corrected chi connectivity index (χ4v) is 2.05. The van der Waals surface area contributed by atoms with Crippen molar-refractivity contribution < 1.29 is 9.72 Å². The molecule has 0 heterocycles. The molecule has 6 nitrogen and oxygen atoms in total. The van der Waals surface area contributed by atoms with Gasteiger partial charge in [-0.05, 0) is 30.3 Å². The maximum Gasteiger partial charge on any atom is 0.292 e. The normalized spacial score (nSPS) is 10.2. The number of benzene rings is 2. The van der Waals surface area contributed by atoms with E-state index in [0.717, 1.165) is 0 Å². The molecule has 0 fully saturated rings. The maximum absolute atomic E-state index is 12.1. The van der Waals surface area contributed by atoms with Gasteiger partial charge in [-0.3, -0.25) is 14.9 Å². The first-order valence-corrected chi connectivity index (χ1v) is 6.44. The first-order valence-electron chi connectivity index (χ1n) is 5.69. The monoisotopic (exact) mass is 325 g/mol. The van der Waals surface area contributed by atoms with Gasteiger partial charge in [0.05, 0.1) is 10.5 Å². The van der Waals surface area contributed by atoms with Crippen molar-refractivity contribution in [2.45, 2.75) is 0 Å². The molecule has 0 saturated carbocycles. The second kappa shape index (κ2) is 5.99. The molecule has 0 aromatic heterocycles. The van der Waals surface area contributed by atoms with Crippen molar-refractivity contribution in [3.8, 4) is 0 Å². The number of carbonyl (C=O) groups excluding carboxylic acids is 1. The Morgan fingerprint density at radius 3 is 2.38 bits per heavy atom. The smallest absolute Gasteiger partial charge is 0.292 e. The van der Waals surface area contributed by atoms with E-state index in [1.54, 1.807) is 0 Å². The third kappa shape index (κ3) is 3.42. The zero-order valence-electron chi connectivity index (χ0n) is 10.5. The van der Waals surface area contributed by atoms with Crippen molar-refractivity contribution in [3.63, 3.8) is 0 Å². The summed E-state index contributed by atoms with van der Waals surface area (Å²) in [6.45, 7) is 0. The van der Waals surface area contributed by atoms with Crippen LogP contribution in [0.15, 0.2) is 36.4 Å². The van der Waals surface area contributed by atoms with Crippen LogP contribution in [0.2, 0.25) is 10.0 Å². The van der Waals surface area contributed by atoms with Crippen LogP contribution in [-0.4, -0.2) is 10.8 Å². The Morgan fingerprint density at radius 2 is 1.76 bits per heavy atom. The second-order valence-corrected chi connectivity index (χ2v) is 4.98. The Balaban J connectivity index is 2.35. The molecule has 1 amide bonds. The average Bonchev–Trinajstić information content (AvgIpc) is 2.37. The molecule has 3 N–H and O–H groups in total.